The van der Waals surface area contributed by atoms with Crippen molar-refractivity contribution in [3.8, 4) is 0 Å². The molecule has 20 heavy (non-hydrogen) atoms. The highest BCUT2D eigenvalue weighted by molar-refractivity contribution is 7.89. The minimum atomic E-state index is -3.48. The Morgan fingerprint density at radius 2 is 1.85 bits per heavy atom. The zero-order chi connectivity index (χ0) is 14.6. The Morgan fingerprint density at radius 3 is 2.40 bits per heavy atom. The molecule has 1 aromatic rings. The van der Waals surface area contributed by atoms with E-state index >= 15 is 0 Å². The van der Waals surface area contributed by atoms with E-state index in [1.54, 1.807) is 12.1 Å². The standard InChI is InChI=1S/C13H17NO5S/c1-18-13(15)10-11-2-4-12(5-3-11)20(16,17)14-6-8-19-9-7-14/h2-5H,6-10H2,1H3. The Hall–Kier alpha value is -1.44. The van der Waals surface area contributed by atoms with Crippen LogP contribution in [-0.2, 0) is 30.7 Å². The van der Waals surface area contributed by atoms with Crippen LogP contribution in [0.1, 0.15) is 5.56 Å². The summed E-state index contributed by atoms with van der Waals surface area (Å²) in [5.41, 5.74) is 0.720. The highest BCUT2D eigenvalue weighted by atomic mass is 32.2. The normalized spacial score (nSPS) is 16.9. The average Bonchev–Trinajstić information content (AvgIpc) is 2.48. The van der Waals surface area contributed by atoms with E-state index in [-0.39, 0.29) is 17.3 Å². The molecule has 1 aliphatic heterocycles. The Balaban J connectivity index is 2.14. The van der Waals surface area contributed by atoms with Crippen LogP contribution in [0.5, 0.6) is 0 Å². The first kappa shape index (κ1) is 15.0. The van der Waals surface area contributed by atoms with Gasteiger partial charge in [-0.15, -0.1) is 0 Å². The minimum Gasteiger partial charge on any atom is -0.469 e. The fraction of sp³-hybridized carbons (Fsp3) is 0.462. The number of benzene rings is 1. The Kier molecular flexibility index (Phi) is 4.74. The van der Waals surface area contributed by atoms with Crippen LogP contribution >= 0.6 is 0 Å². The van der Waals surface area contributed by atoms with Crippen LogP contribution in [0.2, 0.25) is 0 Å². The molecule has 0 unspecified atom stereocenters. The van der Waals surface area contributed by atoms with Crippen molar-refractivity contribution >= 4 is 16.0 Å². The highest BCUT2D eigenvalue weighted by Crippen LogP contribution is 2.17. The Bertz CT molecular complexity index is 561. The van der Waals surface area contributed by atoms with E-state index in [1.807, 2.05) is 0 Å². The molecule has 1 aliphatic rings. The van der Waals surface area contributed by atoms with Crippen molar-refractivity contribution in [2.24, 2.45) is 0 Å². The van der Waals surface area contributed by atoms with Crippen LogP contribution < -0.4 is 0 Å². The van der Waals surface area contributed by atoms with Crippen LogP contribution in [0.25, 0.3) is 0 Å². The van der Waals surface area contributed by atoms with Gasteiger partial charge in [-0.1, -0.05) is 12.1 Å². The largest absolute Gasteiger partial charge is 0.469 e. The van der Waals surface area contributed by atoms with Gasteiger partial charge < -0.3 is 9.47 Å². The maximum atomic E-state index is 12.4. The number of methoxy groups -OCH3 is 1. The lowest BCUT2D eigenvalue weighted by atomic mass is 10.2. The van der Waals surface area contributed by atoms with Crippen LogP contribution in [-0.4, -0.2) is 52.1 Å². The molecule has 0 atom stereocenters. The first-order valence-electron chi connectivity index (χ1n) is 6.27. The fourth-order valence-corrected chi connectivity index (χ4v) is 3.36. The third-order valence-corrected chi connectivity index (χ3v) is 5.02. The number of sulfonamides is 1. The highest BCUT2D eigenvalue weighted by Gasteiger charge is 2.26. The number of hydrogen-bond acceptors (Lipinski definition) is 5. The average molecular weight is 299 g/mol. The van der Waals surface area contributed by atoms with Gasteiger partial charge in [0.15, 0.2) is 0 Å². The fourth-order valence-electron chi connectivity index (χ4n) is 1.95. The van der Waals surface area contributed by atoms with Crippen LogP contribution in [0, 0.1) is 0 Å². The summed E-state index contributed by atoms with van der Waals surface area (Å²) in [4.78, 5) is 11.4. The molecule has 0 spiro atoms. The van der Waals surface area contributed by atoms with E-state index < -0.39 is 10.0 Å². The molecule has 1 saturated heterocycles. The number of carbonyl (C=O) groups excluding carboxylic acids is 1. The van der Waals surface area contributed by atoms with Crippen LogP contribution in [0.15, 0.2) is 29.2 Å². The van der Waals surface area contributed by atoms with Gasteiger partial charge in [0.2, 0.25) is 10.0 Å². The van der Waals surface area contributed by atoms with Gasteiger partial charge in [0.1, 0.15) is 0 Å². The van der Waals surface area contributed by atoms with Gasteiger partial charge in [0.05, 0.1) is 31.6 Å². The number of nitrogens with zero attached hydrogens (tertiary/aromatic N) is 1. The number of carbonyl (C=O) groups is 1. The van der Waals surface area contributed by atoms with Crippen molar-refractivity contribution < 1.29 is 22.7 Å². The van der Waals surface area contributed by atoms with E-state index in [9.17, 15) is 13.2 Å². The number of hydrogen-bond donors (Lipinski definition) is 0. The smallest absolute Gasteiger partial charge is 0.309 e. The minimum absolute atomic E-state index is 0.133. The van der Waals surface area contributed by atoms with Gasteiger partial charge >= 0.3 is 5.97 Å². The topological polar surface area (TPSA) is 72.9 Å². The molecule has 0 bridgehead atoms. The molecule has 0 N–H and O–H groups in total. The van der Waals surface area contributed by atoms with Crippen molar-refractivity contribution in [1.29, 1.82) is 0 Å². The molecule has 110 valence electrons. The van der Waals surface area contributed by atoms with Crippen molar-refractivity contribution in [3.63, 3.8) is 0 Å². The lowest BCUT2D eigenvalue weighted by molar-refractivity contribution is -0.139. The predicted molar refractivity (Wildman–Crippen MR) is 71.7 cm³/mol. The van der Waals surface area contributed by atoms with Gasteiger partial charge in [-0.2, -0.15) is 4.31 Å². The van der Waals surface area contributed by atoms with Gasteiger partial charge in [-0.3, -0.25) is 4.79 Å². The van der Waals surface area contributed by atoms with E-state index in [2.05, 4.69) is 4.74 Å². The summed E-state index contributed by atoms with van der Waals surface area (Å²) in [6.07, 6.45) is 0.133. The molecule has 1 heterocycles. The van der Waals surface area contributed by atoms with Gasteiger partial charge in [-0.05, 0) is 17.7 Å². The number of morpholine rings is 1. The summed E-state index contributed by atoms with van der Waals surface area (Å²) in [6.45, 7) is 1.57. The zero-order valence-electron chi connectivity index (χ0n) is 11.2. The van der Waals surface area contributed by atoms with E-state index in [4.69, 9.17) is 4.74 Å². The van der Waals surface area contributed by atoms with Crippen molar-refractivity contribution in [2.45, 2.75) is 11.3 Å². The summed E-state index contributed by atoms with van der Waals surface area (Å²) < 4.78 is 35.8. The lowest BCUT2D eigenvalue weighted by Crippen LogP contribution is -2.40. The van der Waals surface area contributed by atoms with Crippen molar-refractivity contribution in [1.82, 2.24) is 4.31 Å². The summed E-state index contributed by atoms with van der Waals surface area (Å²) >= 11 is 0. The van der Waals surface area contributed by atoms with Crippen LogP contribution in [0.3, 0.4) is 0 Å². The third-order valence-electron chi connectivity index (χ3n) is 3.11. The SMILES string of the molecule is COC(=O)Cc1ccc(S(=O)(=O)N2CCOCC2)cc1. The molecule has 0 radical (unpaired) electrons. The molecule has 1 aromatic carbocycles. The number of esters is 1. The van der Waals surface area contributed by atoms with Gasteiger partial charge in [0.25, 0.3) is 0 Å². The maximum Gasteiger partial charge on any atom is 0.309 e. The Morgan fingerprint density at radius 1 is 1.25 bits per heavy atom. The maximum absolute atomic E-state index is 12.4. The van der Waals surface area contributed by atoms with E-state index in [1.165, 1.54) is 23.5 Å². The van der Waals surface area contributed by atoms with Crippen LogP contribution in [0.4, 0.5) is 0 Å². The summed E-state index contributed by atoms with van der Waals surface area (Å²) in [5, 5.41) is 0. The molecule has 2 rings (SSSR count). The summed E-state index contributed by atoms with van der Waals surface area (Å²) in [5.74, 6) is -0.353. The molecule has 0 amide bonds. The van der Waals surface area contributed by atoms with Gasteiger partial charge in [-0.25, -0.2) is 8.42 Å². The summed E-state index contributed by atoms with van der Waals surface area (Å²) in [6, 6.07) is 6.29. The molecule has 0 aliphatic carbocycles. The monoisotopic (exact) mass is 299 g/mol. The number of ether oxygens (including phenoxy) is 2. The number of rotatable bonds is 4. The van der Waals surface area contributed by atoms with Crippen molar-refractivity contribution in [2.75, 3.05) is 33.4 Å². The second-order valence-corrected chi connectivity index (χ2v) is 6.35. The molecular formula is C13H17NO5S. The Labute approximate surface area is 118 Å². The molecule has 0 saturated carbocycles. The third kappa shape index (κ3) is 3.36. The second-order valence-electron chi connectivity index (χ2n) is 4.41. The molecule has 0 aromatic heterocycles. The predicted octanol–water partition coefficient (Wildman–Crippen LogP) is 0.423. The van der Waals surface area contributed by atoms with Crippen molar-refractivity contribution in [3.05, 3.63) is 29.8 Å². The quantitative estimate of drug-likeness (QED) is 0.754. The first-order valence-corrected chi connectivity index (χ1v) is 7.71. The molecule has 6 nitrogen and oxygen atoms in total. The van der Waals surface area contributed by atoms with Gasteiger partial charge in [0, 0.05) is 13.1 Å². The second kappa shape index (κ2) is 6.34. The zero-order valence-corrected chi connectivity index (χ0v) is 12.1. The lowest BCUT2D eigenvalue weighted by Gasteiger charge is -2.26. The molecular weight excluding hydrogens is 282 g/mol. The van der Waals surface area contributed by atoms with E-state index in [0.717, 1.165) is 5.56 Å². The molecule has 1 fully saturated rings. The van der Waals surface area contributed by atoms with E-state index in [0.29, 0.717) is 26.3 Å². The first-order chi connectivity index (χ1) is 9.54. The molecule has 7 heteroatoms. The summed E-state index contributed by atoms with van der Waals surface area (Å²) in [7, 11) is -2.16.